The number of rotatable bonds is 7. The van der Waals surface area contributed by atoms with Crippen LogP contribution in [-0.2, 0) is 9.53 Å². The van der Waals surface area contributed by atoms with Crippen LogP contribution in [0.1, 0.15) is 6.42 Å². The summed E-state index contributed by atoms with van der Waals surface area (Å²) in [6.45, 7) is 0.263. The van der Waals surface area contributed by atoms with Gasteiger partial charge in [0.1, 0.15) is 11.9 Å². The van der Waals surface area contributed by atoms with Crippen LogP contribution in [-0.4, -0.2) is 40.7 Å². The van der Waals surface area contributed by atoms with Crippen molar-refractivity contribution in [3.8, 4) is 0 Å². The maximum absolute atomic E-state index is 10.9. The summed E-state index contributed by atoms with van der Waals surface area (Å²) in [5.41, 5.74) is -0.150. The van der Waals surface area contributed by atoms with Crippen LogP contribution < -0.4 is 5.32 Å². The van der Waals surface area contributed by atoms with E-state index in [9.17, 15) is 14.9 Å². The molecule has 0 radical (unpaired) electrons. The molecule has 1 atom stereocenters. The molecule has 1 aromatic heterocycles. The number of nitrogens with zero attached hydrogens (tertiary/aromatic N) is 2. The largest absolute Gasteiger partial charge is 0.480 e. The highest BCUT2D eigenvalue weighted by Gasteiger charge is 2.18. The summed E-state index contributed by atoms with van der Waals surface area (Å²) in [5, 5.41) is 22.1. The molecule has 1 unspecified atom stereocenters. The quantitative estimate of drug-likeness (QED) is 0.549. The Morgan fingerprint density at radius 2 is 2.44 bits per heavy atom. The molecule has 8 heteroatoms. The van der Waals surface area contributed by atoms with E-state index in [2.05, 4.69) is 10.3 Å². The van der Waals surface area contributed by atoms with E-state index in [1.165, 1.54) is 25.4 Å². The fourth-order valence-electron chi connectivity index (χ4n) is 1.28. The third-order valence-electron chi connectivity index (χ3n) is 2.19. The van der Waals surface area contributed by atoms with Crippen molar-refractivity contribution in [3.05, 3.63) is 28.4 Å². The Hall–Kier alpha value is -2.22. The third-order valence-corrected chi connectivity index (χ3v) is 2.19. The average Bonchev–Trinajstić information content (AvgIpc) is 2.34. The van der Waals surface area contributed by atoms with Crippen molar-refractivity contribution in [2.45, 2.75) is 12.5 Å². The van der Waals surface area contributed by atoms with Crippen LogP contribution in [0.15, 0.2) is 18.3 Å². The lowest BCUT2D eigenvalue weighted by Gasteiger charge is -2.14. The molecule has 0 aliphatic heterocycles. The predicted molar refractivity (Wildman–Crippen MR) is 62.4 cm³/mol. The van der Waals surface area contributed by atoms with E-state index < -0.39 is 16.9 Å². The van der Waals surface area contributed by atoms with Gasteiger partial charge in [0, 0.05) is 32.4 Å². The molecule has 0 aromatic carbocycles. The van der Waals surface area contributed by atoms with Gasteiger partial charge < -0.3 is 15.2 Å². The first-order chi connectivity index (χ1) is 8.54. The van der Waals surface area contributed by atoms with Crippen molar-refractivity contribution < 1.29 is 19.6 Å². The zero-order chi connectivity index (χ0) is 13.5. The molecule has 0 amide bonds. The van der Waals surface area contributed by atoms with Crippen LogP contribution in [0, 0.1) is 10.1 Å². The SMILES string of the molecule is COCCC(Nc1cc([N+](=O)[O-])ccn1)C(=O)O. The minimum Gasteiger partial charge on any atom is -0.480 e. The van der Waals surface area contributed by atoms with Gasteiger partial charge in [-0.2, -0.15) is 0 Å². The van der Waals surface area contributed by atoms with E-state index in [4.69, 9.17) is 9.84 Å². The first kappa shape index (κ1) is 13.8. The van der Waals surface area contributed by atoms with Gasteiger partial charge in [0.2, 0.25) is 0 Å². The lowest BCUT2D eigenvalue weighted by atomic mass is 10.2. The van der Waals surface area contributed by atoms with E-state index in [1.807, 2.05) is 0 Å². The molecule has 1 heterocycles. The third kappa shape index (κ3) is 3.98. The number of methoxy groups -OCH3 is 1. The number of hydrogen-bond donors (Lipinski definition) is 2. The second-order valence-corrected chi connectivity index (χ2v) is 3.47. The molecule has 0 fully saturated rings. The molecule has 2 N–H and O–H groups in total. The topological polar surface area (TPSA) is 115 Å². The lowest BCUT2D eigenvalue weighted by molar-refractivity contribution is -0.384. The summed E-state index contributed by atoms with van der Waals surface area (Å²) in [6, 6.07) is 1.51. The van der Waals surface area contributed by atoms with Crippen molar-refractivity contribution in [2.75, 3.05) is 19.0 Å². The fraction of sp³-hybridized carbons (Fsp3) is 0.400. The zero-order valence-corrected chi connectivity index (χ0v) is 9.70. The average molecular weight is 255 g/mol. The molecule has 18 heavy (non-hydrogen) atoms. The first-order valence-corrected chi connectivity index (χ1v) is 5.13. The summed E-state index contributed by atoms with van der Waals surface area (Å²) in [6.07, 6.45) is 1.48. The number of ether oxygens (including phenoxy) is 1. The molecule has 8 nitrogen and oxygen atoms in total. The molecular formula is C10H13N3O5. The Morgan fingerprint density at radius 3 is 3.00 bits per heavy atom. The van der Waals surface area contributed by atoms with E-state index in [0.717, 1.165) is 0 Å². The van der Waals surface area contributed by atoms with Crippen molar-refractivity contribution in [1.82, 2.24) is 4.98 Å². The van der Waals surface area contributed by atoms with Crippen molar-refractivity contribution in [2.24, 2.45) is 0 Å². The van der Waals surface area contributed by atoms with Gasteiger partial charge in [-0.25, -0.2) is 9.78 Å². The zero-order valence-electron chi connectivity index (χ0n) is 9.70. The summed E-state index contributed by atoms with van der Waals surface area (Å²) in [5.74, 6) is -0.923. The van der Waals surface area contributed by atoms with Crippen LogP contribution in [0.25, 0.3) is 0 Å². The molecule has 0 aliphatic carbocycles. The number of hydrogen-bond acceptors (Lipinski definition) is 6. The number of pyridine rings is 1. The number of aliphatic carboxylic acids is 1. The van der Waals surface area contributed by atoms with E-state index in [-0.39, 0.29) is 24.5 Å². The maximum Gasteiger partial charge on any atom is 0.326 e. The molecule has 1 rings (SSSR count). The van der Waals surface area contributed by atoms with Crippen LogP contribution in [0.5, 0.6) is 0 Å². The Morgan fingerprint density at radius 1 is 1.72 bits per heavy atom. The Labute approximate surface area is 103 Å². The summed E-state index contributed by atoms with van der Waals surface area (Å²) in [7, 11) is 1.46. The van der Waals surface area contributed by atoms with Crippen LogP contribution >= 0.6 is 0 Å². The fourth-order valence-corrected chi connectivity index (χ4v) is 1.28. The maximum atomic E-state index is 10.9. The highest BCUT2D eigenvalue weighted by molar-refractivity contribution is 5.76. The Balaban J connectivity index is 2.77. The van der Waals surface area contributed by atoms with Gasteiger partial charge in [0.05, 0.1) is 11.0 Å². The molecule has 0 aliphatic rings. The van der Waals surface area contributed by atoms with Gasteiger partial charge in [-0.3, -0.25) is 10.1 Å². The highest BCUT2D eigenvalue weighted by atomic mass is 16.6. The monoisotopic (exact) mass is 255 g/mol. The smallest absolute Gasteiger partial charge is 0.326 e. The first-order valence-electron chi connectivity index (χ1n) is 5.13. The lowest BCUT2D eigenvalue weighted by Crippen LogP contribution is -2.30. The number of nitrogens with one attached hydrogen (secondary N) is 1. The Kier molecular flexibility index (Phi) is 5.00. The van der Waals surface area contributed by atoms with Crippen molar-refractivity contribution in [1.29, 1.82) is 0 Å². The minimum atomic E-state index is -1.07. The summed E-state index contributed by atoms with van der Waals surface area (Å²) < 4.78 is 4.79. The van der Waals surface area contributed by atoms with E-state index in [1.54, 1.807) is 0 Å². The summed E-state index contributed by atoms with van der Waals surface area (Å²) in [4.78, 5) is 24.8. The standard InChI is InChI=1S/C10H13N3O5/c1-18-5-3-8(10(14)15)12-9-6-7(13(16)17)2-4-11-9/h2,4,6,8H,3,5H2,1H3,(H,11,12)(H,14,15). The van der Waals surface area contributed by atoms with Gasteiger partial charge in [-0.1, -0.05) is 0 Å². The minimum absolute atomic E-state index is 0.146. The second-order valence-electron chi connectivity index (χ2n) is 3.47. The number of carboxylic acid groups (broad SMARTS) is 1. The molecular weight excluding hydrogens is 242 g/mol. The second kappa shape index (κ2) is 6.50. The van der Waals surface area contributed by atoms with Crippen LogP contribution in [0.4, 0.5) is 11.5 Å². The van der Waals surface area contributed by atoms with E-state index in [0.29, 0.717) is 0 Å². The number of anilines is 1. The molecule has 98 valence electrons. The number of aromatic nitrogens is 1. The summed E-state index contributed by atoms with van der Waals surface area (Å²) >= 11 is 0. The van der Waals surface area contributed by atoms with Gasteiger partial charge in [0.15, 0.2) is 0 Å². The molecule has 1 aromatic rings. The highest BCUT2D eigenvalue weighted by Crippen LogP contribution is 2.15. The van der Waals surface area contributed by atoms with Crippen LogP contribution in [0.2, 0.25) is 0 Å². The van der Waals surface area contributed by atoms with Gasteiger partial charge in [0.25, 0.3) is 5.69 Å². The van der Waals surface area contributed by atoms with E-state index >= 15 is 0 Å². The van der Waals surface area contributed by atoms with Gasteiger partial charge in [-0.15, -0.1) is 0 Å². The number of carbonyl (C=O) groups is 1. The molecule has 0 saturated carbocycles. The van der Waals surface area contributed by atoms with Gasteiger partial charge >= 0.3 is 5.97 Å². The van der Waals surface area contributed by atoms with Crippen molar-refractivity contribution >= 4 is 17.5 Å². The van der Waals surface area contributed by atoms with Crippen molar-refractivity contribution in [3.63, 3.8) is 0 Å². The Bertz CT molecular complexity index is 437. The molecule has 0 bridgehead atoms. The number of carboxylic acids is 1. The normalized spacial score (nSPS) is 11.8. The van der Waals surface area contributed by atoms with Gasteiger partial charge in [-0.05, 0) is 0 Å². The molecule has 0 spiro atoms. The predicted octanol–water partition coefficient (Wildman–Crippen LogP) is 0.891. The van der Waals surface area contributed by atoms with Crippen LogP contribution in [0.3, 0.4) is 0 Å². The number of nitro groups is 1. The molecule has 0 saturated heterocycles.